The maximum Gasteiger partial charge on any atom is 0.454 e. The number of benzene rings is 2. The molecule has 2 rings (SSSR count). The second kappa shape index (κ2) is 6.36. The van der Waals surface area contributed by atoms with Crippen molar-refractivity contribution >= 4 is 17.4 Å². The zero-order valence-corrected chi connectivity index (χ0v) is 11.7. The number of carbonyl (C=O) groups excluding carboxylic acids is 1. The van der Waals surface area contributed by atoms with Gasteiger partial charge in [0.15, 0.2) is 11.6 Å². The van der Waals surface area contributed by atoms with Crippen molar-refractivity contribution in [3.05, 3.63) is 64.4 Å². The van der Waals surface area contributed by atoms with Gasteiger partial charge < -0.3 is 4.74 Å². The molecule has 2 aromatic rings. The van der Waals surface area contributed by atoms with Gasteiger partial charge >= 0.3 is 6.18 Å². The van der Waals surface area contributed by atoms with Crippen molar-refractivity contribution in [1.82, 2.24) is 0 Å². The van der Waals surface area contributed by atoms with Crippen molar-refractivity contribution in [1.29, 1.82) is 0 Å². The van der Waals surface area contributed by atoms with Gasteiger partial charge in [-0.3, -0.25) is 4.79 Å². The lowest BCUT2D eigenvalue weighted by Gasteiger charge is -2.12. The van der Waals surface area contributed by atoms with Crippen molar-refractivity contribution in [2.75, 3.05) is 0 Å². The Morgan fingerprint density at radius 3 is 2.32 bits per heavy atom. The van der Waals surface area contributed by atoms with Crippen LogP contribution in [-0.2, 0) is 6.61 Å². The van der Waals surface area contributed by atoms with Crippen LogP contribution in [0.25, 0.3) is 0 Å². The highest BCUT2D eigenvalue weighted by Gasteiger charge is 2.41. The van der Waals surface area contributed by atoms with E-state index in [0.717, 1.165) is 6.07 Å². The van der Waals surface area contributed by atoms with Gasteiger partial charge in [-0.05, 0) is 17.7 Å². The minimum absolute atomic E-state index is 0.0961. The van der Waals surface area contributed by atoms with Gasteiger partial charge in [-0.1, -0.05) is 41.9 Å². The van der Waals surface area contributed by atoms with E-state index in [4.69, 9.17) is 16.3 Å². The van der Waals surface area contributed by atoms with Gasteiger partial charge in [0.05, 0.1) is 10.6 Å². The largest absolute Gasteiger partial charge is 0.484 e. The molecule has 116 valence electrons. The lowest BCUT2D eigenvalue weighted by Crippen LogP contribution is -2.24. The smallest absolute Gasteiger partial charge is 0.454 e. The van der Waals surface area contributed by atoms with Gasteiger partial charge in [0.2, 0.25) is 0 Å². The number of hydrogen-bond donors (Lipinski definition) is 0. The number of rotatable bonds is 4. The molecule has 2 nitrogen and oxygen atoms in total. The fourth-order valence-corrected chi connectivity index (χ4v) is 1.92. The van der Waals surface area contributed by atoms with E-state index in [-0.39, 0.29) is 11.6 Å². The Kier molecular flexibility index (Phi) is 4.71. The Hall–Kier alpha value is -2.08. The van der Waals surface area contributed by atoms with Gasteiger partial charge in [0, 0.05) is 0 Å². The molecule has 22 heavy (non-hydrogen) atoms. The molecule has 0 radical (unpaired) electrons. The lowest BCUT2D eigenvalue weighted by atomic mass is 10.1. The van der Waals surface area contributed by atoms with Gasteiger partial charge in [-0.25, -0.2) is 4.39 Å². The number of Topliss-reactive ketones (excluding diaryl/α,β-unsaturated/α-hetero) is 1. The fraction of sp³-hybridized carbons (Fsp3) is 0.133. The summed E-state index contributed by atoms with van der Waals surface area (Å²) in [6, 6.07) is 10.3. The molecule has 0 fully saturated rings. The van der Waals surface area contributed by atoms with Crippen molar-refractivity contribution in [3.8, 4) is 5.75 Å². The number of hydrogen-bond acceptors (Lipinski definition) is 2. The Morgan fingerprint density at radius 1 is 1.09 bits per heavy atom. The van der Waals surface area contributed by atoms with Crippen LogP contribution in [0.1, 0.15) is 15.9 Å². The summed E-state index contributed by atoms with van der Waals surface area (Å²) in [7, 11) is 0. The second-order valence-corrected chi connectivity index (χ2v) is 4.75. The monoisotopic (exact) mass is 332 g/mol. The average Bonchev–Trinajstić information content (AvgIpc) is 2.46. The summed E-state index contributed by atoms with van der Waals surface area (Å²) >= 11 is 5.73. The van der Waals surface area contributed by atoms with Crippen LogP contribution in [0.2, 0.25) is 5.02 Å². The van der Waals surface area contributed by atoms with E-state index >= 15 is 0 Å². The zero-order chi connectivity index (χ0) is 16.3. The molecular formula is C15H9ClF4O2. The van der Waals surface area contributed by atoms with Crippen LogP contribution < -0.4 is 4.74 Å². The SMILES string of the molecule is O=C(c1ccc(Cl)c(OCc2ccccc2)c1F)C(F)(F)F. The third kappa shape index (κ3) is 3.57. The molecule has 0 aromatic heterocycles. The molecule has 0 saturated heterocycles. The molecule has 0 N–H and O–H groups in total. The van der Waals surface area contributed by atoms with E-state index in [1.54, 1.807) is 30.3 Å². The minimum atomic E-state index is -5.18. The standard InChI is InChI=1S/C15H9ClF4O2/c16-11-7-6-10(14(21)15(18,19)20)12(17)13(11)22-8-9-4-2-1-3-5-9/h1-7H,8H2. The number of halogens is 5. The summed E-state index contributed by atoms with van der Waals surface area (Å²) < 4.78 is 56.4. The van der Waals surface area contributed by atoms with E-state index < -0.39 is 29.1 Å². The predicted molar refractivity (Wildman–Crippen MR) is 72.6 cm³/mol. The first kappa shape index (κ1) is 16.3. The quantitative estimate of drug-likeness (QED) is 0.593. The third-order valence-corrected chi connectivity index (χ3v) is 3.07. The van der Waals surface area contributed by atoms with Crippen molar-refractivity contribution in [3.63, 3.8) is 0 Å². The third-order valence-electron chi connectivity index (χ3n) is 2.78. The van der Waals surface area contributed by atoms with Crippen LogP contribution in [0.3, 0.4) is 0 Å². The highest BCUT2D eigenvalue weighted by atomic mass is 35.5. The average molecular weight is 333 g/mol. The number of ether oxygens (including phenoxy) is 1. The van der Waals surface area contributed by atoms with Gasteiger partial charge in [-0.15, -0.1) is 0 Å². The lowest BCUT2D eigenvalue weighted by molar-refractivity contribution is -0.0887. The summed E-state index contributed by atoms with van der Waals surface area (Å²) in [6.07, 6.45) is -5.18. The molecule has 0 atom stereocenters. The van der Waals surface area contributed by atoms with Crippen molar-refractivity contribution in [2.45, 2.75) is 12.8 Å². The van der Waals surface area contributed by atoms with Crippen LogP contribution in [0.4, 0.5) is 17.6 Å². The second-order valence-electron chi connectivity index (χ2n) is 4.34. The van der Waals surface area contributed by atoms with Crippen LogP contribution in [-0.4, -0.2) is 12.0 Å². The zero-order valence-electron chi connectivity index (χ0n) is 11.0. The number of carbonyl (C=O) groups is 1. The molecule has 0 bridgehead atoms. The predicted octanol–water partition coefficient (Wildman–Crippen LogP) is 4.80. The maximum atomic E-state index is 14.1. The van der Waals surface area contributed by atoms with Gasteiger partial charge in [-0.2, -0.15) is 13.2 Å². The Bertz CT molecular complexity index is 684. The molecule has 0 aliphatic carbocycles. The molecule has 0 heterocycles. The first-order chi connectivity index (χ1) is 10.3. The molecule has 0 aliphatic heterocycles. The van der Waals surface area contributed by atoms with Crippen molar-refractivity contribution < 1.29 is 27.1 Å². The molecule has 0 aliphatic rings. The Morgan fingerprint density at radius 2 is 1.73 bits per heavy atom. The van der Waals surface area contributed by atoms with Gasteiger partial charge in [0.1, 0.15) is 6.61 Å². The fourth-order valence-electron chi connectivity index (χ4n) is 1.72. The Labute approximate surface area is 128 Å². The first-order valence-electron chi connectivity index (χ1n) is 6.07. The number of ketones is 1. The molecule has 0 saturated carbocycles. The molecule has 0 spiro atoms. The summed E-state index contributed by atoms with van der Waals surface area (Å²) in [4.78, 5) is 11.2. The van der Waals surface area contributed by atoms with E-state index in [2.05, 4.69) is 0 Å². The van der Waals surface area contributed by atoms with Crippen LogP contribution >= 0.6 is 11.6 Å². The summed E-state index contributed by atoms with van der Waals surface area (Å²) in [6.45, 7) is -0.0961. The van der Waals surface area contributed by atoms with Crippen LogP contribution in [0.5, 0.6) is 5.75 Å². The highest BCUT2D eigenvalue weighted by Crippen LogP contribution is 2.33. The topological polar surface area (TPSA) is 26.3 Å². The Balaban J connectivity index is 2.30. The van der Waals surface area contributed by atoms with Gasteiger partial charge in [0.25, 0.3) is 5.78 Å². The van der Waals surface area contributed by atoms with E-state index in [0.29, 0.717) is 11.6 Å². The molecular weight excluding hydrogens is 324 g/mol. The van der Waals surface area contributed by atoms with E-state index in [1.807, 2.05) is 0 Å². The minimum Gasteiger partial charge on any atom is -0.484 e. The van der Waals surface area contributed by atoms with E-state index in [1.165, 1.54) is 0 Å². The molecule has 2 aromatic carbocycles. The van der Waals surface area contributed by atoms with Crippen molar-refractivity contribution in [2.24, 2.45) is 0 Å². The highest BCUT2D eigenvalue weighted by molar-refractivity contribution is 6.32. The normalized spacial score (nSPS) is 11.3. The first-order valence-corrected chi connectivity index (χ1v) is 6.44. The summed E-state index contributed by atoms with van der Waals surface area (Å²) in [5.41, 5.74) is -0.453. The summed E-state index contributed by atoms with van der Waals surface area (Å²) in [5, 5.41) is -0.216. The maximum absolute atomic E-state index is 14.1. The molecule has 0 unspecified atom stereocenters. The van der Waals surface area contributed by atoms with Crippen LogP contribution in [0, 0.1) is 5.82 Å². The van der Waals surface area contributed by atoms with E-state index in [9.17, 15) is 22.4 Å². The summed E-state index contributed by atoms with van der Waals surface area (Å²) in [5.74, 6) is -4.29. The number of alkyl halides is 3. The van der Waals surface area contributed by atoms with Crippen LogP contribution in [0.15, 0.2) is 42.5 Å². The molecule has 7 heteroatoms. The molecule has 0 amide bonds.